The molecule has 3 atom stereocenters. The SMILES string of the molecule is BC1=C(B)C(B)c2c1c(B)c(B)c(B)c2C1=c2c(B)c(B)c(B)c(B)c2=C(c2c(B)c(B)c3c(B)c(B)c(B)c(B)c3c2B)C2C(B)=C(B)C12. The zero-order valence-corrected chi connectivity index (χ0v) is 34.7. The zero-order valence-electron chi connectivity index (χ0n) is 34.7. The van der Waals surface area contributed by atoms with Crippen molar-refractivity contribution in [3.05, 3.63) is 49.1 Å². The lowest BCUT2D eigenvalue weighted by atomic mass is 9.45. The summed E-state index contributed by atoms with van der Waals surface area (Å²) >= 11 is 0. The van der Waals surface area contributed by atoms with Crippen LogP contribution in [0.1, 0.15) is 28.1 Å². The molecule has 19 heteroatoms. The molecule has 0 heterocycles. The molecule has 0 amide bonds. The van der Waals surface area contributed by atoms with Crippen LogP contribution in [0.2, 0.25) is 0 Å². The summed E-state index contributed by atoms with van der Waals surface area (Å²) in [5.41, 5.74) is 36.0. The van der Waals surface area contributed by atoms with Crippen LogP contribution in [0.15, 0.2) is 16.4 Å². The summed E-state index contributed by atoms with van der Waals surface area (Å²) < 4.78 is 0. The van der Waals surface area contributed by atoms with Crippen molar-refractivity contribution in [2.45, 2.75) is 5.82 Å². The van der Waals surface area contributed by atoms with Gasteiger partial charge in [0.25, 0.3) is 0 Å². The van der Waals surface area contributed by atoms with Gasteiger partial charge in [-0.3, -0.25) is 0 Å². The maximum atomic E-state index is 2.47. The van der Waals surface area contributed by atoms with E-state index in [2.05, 4.69) is 149 Å². The Balaban J connectivity index is 1.81. The largest absolute Gasteiger partial charge is 0.140 e. The summed E-state index contributed by atoms with van der Waals surface area (Å²) in [6.07, 6.45) is 0. The number of allylic oxidation sites excluding steroid dienone is 3. The molecule has 0 aromatic heterocycles. The summed E-state index contributed by atoms with van der Waals surface area (Å²) in [4.78, 5) is 0. The summed E-state index contributed by atoms with van der Waals surface area (Å²) in [6, 6.07) is 0. The van der Waals surface area contributed by atoms with Gasteiger partial charge in [0, 0.05) is 11.8 Å². The normalized spacial score (nSPS) is 19.5. The predicted molar refractivity (Wildman–Crippen MR) is 282 cm³/mol. The highest BCUT2D eigenvalue weighted by molar-refractivity contribution is 6.72. The van der Waals surface area contributed by atoms with E-state index in [0.717, 1.165) is 0 Å². The lowest BCUT2D eigenvalue weighted by Gasteiger charge is -2.48. The Hall–Kier alpha value is -2.41. The molecule has 0 nitrogen and oxygen atoms in total. The first-order valence-corrected chi connectivity index (χ1v) is 19.1. The van der Waals surface area contributed by atoms with Gasteiger partial charge in [0.15, 0.2) is 0 Å². The van der Waals surface area contributed by atoms with Crippen LogP contribution in [-0.4, -0.2) is 149 Å². The second kappa shape index (κ2) is 11.8. The summed E-state index contributed by atoms with van der Waals surface area (Å²) in [5, 5.41) is 6.01. The first-order chi connectivity index (χ1) is 23.3. The van der Waals surface area contributed by atoms with Crippen LogP contribution >= 0.6 is 0 Å². The highest BCUT2D eigenvalue weighted by Gasteiger charge is 2.46. The van der Waals surface area contributed by atoms with Crippen molar-refractivity contribution in [2.75, 3.05) is 0 Å². The quantitative estimate of drug-likeness (QED) is 0.196. The van der Waals surface area contributed by atoms with E-state index in [1.54, 1.807) is 33.2 Å². The Labute approximate surface area is 318 Å². The summed E-state index contributed by atoms with van der Waals surface area (Å²) in [7, 11) is 45.5. The van der Waals surface area contributed by atoms with Crippen molar-refractivity contribution >= 4 is 253 Å². The molecule has 7 rings (SSSR count). The molecule has 0 saturated heterocycles. The number of hydrogen-bond donors (Lipinski definition) is 0. The second-order valence-corrected chi connectivity index (χ2v) is 17.0. The van der Waals surface area contributed by atoms with Gasteiger partial charge in [-0.1, -0.05) is 54.6 Å². The monoisotopic (exact) mass is 622 g/mol. The average Bonchev–Trinajstić information content (AvgIpc) is 3.31. The standard InChI is InChI=1S/C31H41B19/c32-13-9(20(39)21(40)12-11(13)24(43)30(49)31(50)25(12)44)2-6-3(14(33)15(6)34)1(4-7(2)18(37)29(48)28(47)17(4)36)5-8-10(22(41)26(45)16(5)35)23(42)27(46)19(8)38/h3,6,19H,32-50H2. The van der Waals surface area contributed by atoms with Gasteiger partial charge < -0.3 is 0 Å². The third-order valence-electron chi connectivity index (χ3n) is 15.5. The maximum absolute atomic E-state index is 2.47. The minimum Gasteiger partial charge on any atom is -0.116 e. The summed E-state index contributed by atoms with van der Waals surface area (Å²) in [6.45, 7) is 0. The highest BCUT2D eigenvalue weighted by atomic mass is 14.5. The van der Waals surface area contributed by atoms with E-state index >= 15 is 0 Å². The topological polar surface area (TPSA) is 0 Å². The van der Waals surface area contributed by atoms with Crippen LogP contribution in [0.3, 0.4) is 0 Å². The van der Waals surface area contributed by atoms with E-state index < -0.39 is 0 Å². The molecule has 3 unspecified atom stereocenters. The first kappa shape index (κ1) is 36.0. The van der Waals surface area contributed by atoms with Gasteiger partial charge in [-0.25, -0.2) is 0 Å². The maximum Gasteiger partial charge on any atom is 0.140 e. The molecular formula is C31H41B19. The van der Waals surface area contributed by atoms with Crippen LogP contribution < -0.4 is 86.9 Å². The minimum atomic E-state index is 0.364. The molecule has 0 aliphatic heterocycles. The Bertz CT molecular complexity index is 2550. The van der Waals surface area contributed by atoms with E-state index in [0.29, 0.717) is 17.7 Å². The van der Waals surface area contributed by atoms with Gasteiger partial charge >= 0.3 is 0 Å². The molecular weight excluding hydrogens is 578 g/mol. The van der Waals surface area contributed by atoms with Crippen LogP contribution in [0.5, 0.6) is 0 Å². The van der Waals surface area contributed by atoms with Crippen LogP contribution in [0.4, 0.5) is 0 Å². The molecule has 0 spiro atoms. The van der Waals surface area contributed by atoms with E-state index in [9.17, 15) is 0 Å². The van der Waals surface area contributed by atoms with E-state index in [-0.39, 0.29) is 0 Å². The van der Waals surface area contributed by atoms with Gasteiger partial charge in [0.1, 0.15) is 149 Å². The van der Waals surface area contributed by atoms with Crippen molar-refractivity contribution < 1.29 is 0 Å². The van der Waals surface area contributed by atoms with E-state index in [1.807, 2.05) is 0 Å². The first-order valence-electron chi connectivity index (χ1n) is 19.1. The van der Waals surface area contributed by atoms with Crippen molar-refractivity contribution in [1.29, 1.82) is 0 Å². The molecule has 0 saturated carbocycles. The molecule has 0 radical (unpaired) electrons. The van der Waals surface area contributed by atoms with Crippen LogP contribution in [0.25, 0.3) is 27.4 Å². The van der Waals surface area contributed by atoms with Crippen LogP contribution in [-0.2, 0) is 0 Å². The fraction of sp³-hybridized carbons (Fsp3) is 0.0968. The van der Waals surface area contributed by atoms with Crippen LogP contribution in [0, 0.1) is 11.8 Å². The molecule has 50 heavy (non-hydrogen) atoms. The molecule has 0 N–H and O–H groups in total. The molecule has 0 bridgehead atoms. The predicted octanol–water partition coefficient (Wildman–Crippen LogP) is -23.8. The van der Waals surface area contributed by atoms with Gasteiger partial charge in [-0.2, -0.15) is 0 Å². The molecule has 0 fully saturated rings. The van der Waals surface area contributed by atoms with Crippen molar-refractivity contribution in [2.24, 2.45) is 11.8 Å². The average molecular weight is 619 g/mol. The van der Waals surface area contributed by atoms with Gasteiger partial charge in [-0.05, 0) is 60.4 Å². The van der Waals surface area contributed by atoms with E-state index in [4.69, 9.17) is 0 Å². The second-order valence-electron chi connectivity index (χ2n) is 17.0. The van der Waals surface area contributed by atoms with Gasteiger partial charge in [0.2, 0.25) is 0 Å². The fourth-order valence-corrected chi connectivity index (χ4v) is 11.1. The Morgan fingerprint density at radius 3 is 1.12 bits per heavy atom. The highest BCUT2D eigenvalue weighted by Crippen LogP contribution is 2.52. The van der Waals surface area contributed by atoms with Gasteiger partial charge in [-0.15, -0.1) is 43.7 Å². The number of rotatable bonds is 2. The van der Waals surface area contributed by atoms with E-state index in [1.165, 1.54) is 120 Å². The fourth-order valence-electron chi connectivity index (χ4n) is 11.1. The number of hydrogen-bond acceptors (Lipinski definition) is 0. The molecule has 222 valence electrons. The molecule has 4 aromatic rings. The molecule has 3 aliphatic rings. The molecule has 3 aliphatic carbocycles. The Kier molecular flexibility index (Phi) is 8.49. The molecule has 4 aromatic carbocycles. The lowest BCUT2D eigenvalue weighted by molar-refractivity contribution is 0.600. The van der Waals surface area contributed by atoms with Crippen molar-refractivity contribution in [3.63, 3.8) is 0 Å². The lowest BCUT2D eigenvalue weighted by Crippen LogP contribution is -2.68. The van der Waals surface area contributed by atoms with Crippen molar-refractivity contribution in [1.82, 2.24) is 0 Å². The minimum absolute atomic E-state index is 0.364. The zero-order chi connectivity index (χ0) is 36.9. The third-order valence-corrected chi connectivity index (χ3v) is 15.5. The third kappa shape index (κ3) is 4.28. The number of fused-ring (bicyclic) bond motifs is 4. The Morgan fingerprint density at radius 2 is 0.640 bits per heavy atom. The number of benzene rings is 4. The van der Waals surface area contributed by atoms with Gasteiger partial charge in [0.05, 0.1) is 0 Å². The summed E-state index contributed by atoms with van der Waals surface area (Å²) in [5.74, 6) is 1.15. The Morgan fingerprint density at radius 1 is 0.300 bits per heavy atom. The smallest absolute Gasteiger partial charge is 0.116 e. The van der Waals surface area contributed by atoms with Crippen molar-refractivity contribution in [3.8, 4) is 0 Å².